The molecule has 1 aromatic carbocycles. The number of rotatable bonds is 6. The van der Waals surface area contributed by atoms with E-state index >= 15 is 0 Å². The highest BCUT2D eigenvalue weighted by Crippen LogP contribution is 2.20. The van der Waals surface area contributed by atoms with Gasteiger partial charge in [0.2, 0.25) is 0 Å². The van der Waals surface area contributed by atoms with Crippen molar-refractivity contribution in [2.75, 3.05) is 13.7 Å². The van der Waals surface area contributed by atoms with Gasteiger partial charge in [-0.25, -0.2) is 4.98 Å². The van der Waals surface area contributed by atoms with Crippen molar-refractivity contribution in [1.82, 2.24) is 24.7 Å². The minimum atomic E-state index is -0.178. The zero-order valence-electron chi connectivity index (χ0n) is 12.3. The molecule has 0 radical (unpaired) electrons. The van der Waals surface area contributed by atoms with Gasteiger partial charge in [0.15, 0.2) is 5.16 Å². The summed E-state index contributed by atoms with van der Waals surface area (Å²) in [4.78, 5) is 19.3. The molecular weight excluding hydrogens is 338 g/mol. The smallest absolute Gasteiger partial charge is 0.258 e. The molecular formula is C14H14ClN5O2S. The van der Waals surface area contributed by atoms with Crippen molar-refractivity contribution in [1.29, 1.82) is 0 Å². The third-order valence-corrected chi connectivity index (χ3v) is 4.40. The predicted octanol–water partition coefficient (Wildman–Crippen LogP) is 2.11. The molecule has 9 heteroatoms. The van der Waals surface area contributed by atoms with Crippen LogP contribution >= 0.6 is 23.4 Å². The van der Waals surface area contributed by atoms with Crippen molar-refractivity contribution in [3.05, 3.63) is 45.7 Å². The van der Waals surface area contributed by atoms with Crippen LogP contribution in [0, 0.1) is 0 Å². The zero-order chi connectivity index (χ0) is 16.2. The fraction of sp³-hybridized carbons (Fsp3) is 0.286. The molecule has 7 nitrogen and oxygen atoms in total. The lowest BCUT2D eigenvalue weighted by Crippen LogP contribution is -2.11. The number of hydrogen-bond donors (Lipinski definition) is 1. The maximum absolute atomic E-state index is 12.1. The number of thioether (sulfide) groups is 1. The molecule has 0 fully saturated rings. The molecule has 0 unspecified atom stereocenters. The highest BCUT2D eigenvalue weighted by atomic mass is 35.5. The number of methoxy groups -OCH3 is 1. The van der Waals surface area contributed by atoms with Crippen LogP contribution in [0.2, 0.25) is 5.02 Å². The molecule has 0 amide bonds. The molecule has 2 heterocycles. The van der Waals surface area contributed by atoms with Crippen molar-refractivity contribution in [3.63, 3.8) is 0 Å². The molecule has 120 valence electrons. The van der Waals surface area contributed by atoms with E-state index in [0.717, 1.165) is 5.16 Å². The predicted molar refractivity (Wildman–Crippen MR) is 88.8 cm³/mol. The van der Waals surface area contributed by atoms with E-state index in [2.05, 4.69) is 20.2 Å². The fourth-order valence-electron chi connectivity index (χ4n) is 2.06. The monoisotopic (exact) mass is 351 g/mol. The number of aromatic nitrogens is 5. The number of nitrogens with one attached hydrogen (secondary N) is 1. The second-order valence-electron chi connectivity index (χ2n) is 4.76. The molecule has 0 saturated heterocycles. The number of halogens is 1. The number of fused-ring (bicyclic) bond motifs is 1. The zero-order valence-corrected chi connectivity index (χ0v) is 13.9. The topological polar surface area (TPSA) is 85.7 Å². The molecule has 0 saturated carbocycles. The van der Waals surface area contributed by atoms with Gasteiger partial charge in [-0.15, -0.1) is 10.2 Å². The average molecular weight is 352 g/mol. The fourth-order valence-corrected chi connectivity index (χ4v) is 3.04. The Bertz CT molecular complexity index is 879. The molecule has 3 rings (SSSR count). The summed E-state index contributed by atoms with van der Waals surface area (Å²) < 4.78 is 6.94. The third-order valence-electron chi connectivity index (χ3n) is 3.17. The summed E-state index contributed by atoms with van der Waals surface area (Å²) in [6.07, 6.45) is 1.65. The lowest BCUT2D eigenvalue weighted by molar-refractivity contribution is 0.184. The molecule has 1 N–H and O–H groups in total. The number of benzene rings is 1. The minimum absolute atomic E-state index is 0.178. The van der Waals surface area contributed by atoms with Crippen molar-refractivity contribution in [2.24, 2.45) is 0 Å². The van der Waals surface area contributed by atoms with Crippen LogP contribution in [0.1, 0.15) is 5.82 Å². The molecule has 0 bridgehead atoms. The van der Waals surface area contributed by atoms with E-state index in [4.69, 9.17) is 16.3 Å². The maximum Gasteiger partial charge on any atom is 0.258 e. The number of aromatic amines is 1. The second kappa shape index (κ2) is 7.12. The molecule has 2 aromatic heterocycles. The normalized spacial score (nSPS) is 11.2. The van der Waals surface area contributed by atoms with Gasteiger partial charge in [0, 0.05) is 18.7 Å². The van der Waals surface area contributed by atoms with Gasteiger partial charge in [0.1, 0.15) is 12.2 Å². The van der Waals surface area contributed by atoms with Crippen LogP contribution in [-0.2, 0) is 17.0 Å². The van der Waals surface area contributed by atoms with E-state index in [-0.39, 0.29) is 5.56 Å². The van der Waals surface area contributed by atoms with E-state index in [9.17, 15) is 4.79 Å². The number of ether oxygens (including phenoxy) is 1. The molecule has 3 aromatic rings. The SMILES string of the molecule is COCCn1cnnc1SCc1nc2cc(Cl)ccc2c(=O)[nH]1. The summed E-state index contributed by atoms with van der Waals surface area (Å²) >= 11 is 7.41. The first kappa shape index (κ1) is 16.0. The Morgan fingerprint density at radius 2 is 2.30 bits per heavy atom. The first-order valence-electron chi connectivity index (χ1n) is 6.85. The minimum Gasteiger partial charge on any atom is -0.383 e. The number of H-pyrrole nitrogens is 1. The Morgan fingerprint density at radius 3 is 3.13 bits per heavy atom. The summed E-state index contributed by atoms with van der Waals surface area (Å²) in [6.45, 7) is 1.25. The van der Waals surface area contributed by atoms with E-state index in [1.54, 1.807) is 31.6 Å². The highest BCUT2D eigenvalue weighted by molar-refractivity contribution is 7.98. The first-order valence-corrected chi connectivity index (χ1v) is 8.22. The van der Waals surface area contributed by atoms with E-state index in [1.807, 2.05) is 4.57 Å². The van der Waals surface area contributed by atoms with Gasteiger partial charge in [0.25, 0.3) is 5.56 Å². The van der Waals surface area contributed by atoms with Crippen LogP contribution in [0.3, 0.4) is 0 Å². The van der Waals surface area contributed by atoms with Crippen LogP contribution in [0.15, 0.2) is 34.5 Å². The standard InChI is InChI=1S/C14H14ClN5O2S/c1-22-5-4-20-8-16-19-14(20)23-7-12-17-11-6-9(15)2-3-10(11)13(21)18-12/h2-3,6,8H,4-5,7H2,1H3,(H,17,18,21). The summed E-state index contributed by atoms with van der Waals surface area (Å²) in [5.41, 5.74) is 0.404. The van der Waals surface area contributed by atoms with Crippen molar-refractivity contribution < 1.29 is 4.74 Å². The Morgan fingerprint density at radius 1 is 1.43 bits per heavy atom. The molecule has 23 heavy (non-hydrogen) atoms. The van der Waals surface area contributed by atoms with Crippen LogP contribution in [0.4, 0.5) is 0 Å². The Hall–Kier alpha value is -1.90. The van der Waals surface area contributed by atoms with Gasteiger partial charge in [0.05, 0.1) is 23.3 Å². The van der Waals surface area contributed by atoms with E-state index in [1.165, 1.54) is 11.8 Å². The van der Waals surface area contributed by atoms with Crippen molar-refractivity contribution >= 4 is 34.3 Å². The maximum atomic E-state index is 12.1. The van der Waals surface area contributed by atoms with E-state index in [0.29, 0.717) is 40.7 Å². The number of nitrogens with zero attached hydrogens (tertiary/aromatic N) is 4. The van der Waals surface area contributed by atoms with E-state index < -0.39 is 0 Å². The van der Waals surface area contributed by atoms with Crippen LogP contribution in [0.25, 0.3) is 10.9 Å². The van der Waals surface area contributed by atoms with Crippen LogP contribution in [-0.4, -0.2) is 38.4 Å². The van der Waals surface area contributed by atoms with Gasteiger partial charge >= 0.3 is 0 Å². The quantitative estimate of drug-likeness (QED) is 0.684. The van der Waals surface area contributed by atoms with Gasteiger partial charge in [-0.1, -0.05) is 23.4 Å². The van der Waals surface area contributed by atoms with Crippen molar-refractivity contribution in [2.45, 2.75) is 17.5 Å². The second-order valence-corrected chi connectivity index (χ2v) is 6.14. The summed E-state index contributed by atoms with van der Waals surface area (Å²) in [6, 6.07) is 5.02. The van der Waals surface area contributed by atoms with Gasteiger partial charge in [-0.3, -0.25) is 4.79 Å². The highest BCUT2D eigenvalue weighted by Gasteiger charge is 2.09. The first-order chi connectivity index (χ1) is 11.2. The molecule has 0 atom stereocenters. The van der Waals surface area contributed by atoms with Gasteiger partial charge in [-0.05, 0) is 18.2 Å². The lowest BCUT2D eigenvalue weighted by atomic mass is 10.2. The third kappa shape index (κ3) is 3.72. The van der Waals surface area contributed by atoms with Gasteiger partial charge < -0.3 is 14.3 Å². The summed E-state index contributed by atoms with van der Waals surface area (Å²) in [5.74, 6) is 1.04. The average Bonchev–Trinajstić information content (AvgIpc) is 2.98. The lowest BCUT2D eigenvalue weighted by Gasteiger charge is -2.06. The van der Waals surface area contributed by atoms with Crippen LogP contribution < -0.4 is 5.56 Å². The van der Waals surface area contributed by atoms with Gasteiger partial charge in [-0.2, -0.15) is 0 Å². The van der Waals surface area contributed by atoms with Crippen molar-refractivity contribution in [3.8, 4) is 0 Å². The molecule has 0 spiro atoms. The van der Waals surface area contributed by atoms with Crippen LogP contribution in [0.5, 0.6) is 0 Å². The summed E-state index contributed by atoms with van der Waals surface area (Å²) in [7, 11) is 1.64. The Kier molecular flexibility index (Phi) is 4.94. The molecule has 0 aliphatic carbocycles. The summed E-state index contributed by atoms with van der Waals surface area (Å²) in [5, 5.41) is 9.77. The Balaban J connectivity index is 1.80. The molecule has 0 aliphatic heterocycles. The Labute approximate surface area is 141 Å². The molecule has 0 aliphatic rings. The largest absolute Gasteiger partial charge is 0.383 e. The number of hydrogen-bond acceptors (Lipinski definition) is 6.